The van der Waals surface area contributed by atoms with Crippen LogP contribution in [0, 0.1) is 0 Å². The van der Waals surface area contributed by atoms with Crippen molar-refractivity contribution in [2.45, 2.75) is 18.9 Å². The largest absolute Gasteiger partial charge is 0.544 e. The fourth-order valence-corrected chi connectivity index (χ4v) is 3.58. The molecule has 1 fully saturated rings. The van der Waals surface area contributed by atoms with Gasteiger partial charge in [-0.3, -0.25) is 4.79 Å². The lowest BCUT2D eigenvalue weighted by Gasteiger charge is -2.23. The highest BCUT2D eigenvalue weighted by atomic mass is 16.5. The molecular weight excluding hydrogens is 396 g/mol. The van der Waals surface area contributed by atoms with Crippen LogP contribution in [0.2, 0.25) is 0 Å². The number of amides is 1. The number of hydrogen-bond acceptors (Lipinski definition) is 5. The van der Waals surface area contributed by atoms with Crippen LogP contribution >= 0.6 is 0 Å². The van der Waals surface area contributed by atoms with Crippen LogP contribution in [0.1, 0.15) is 12.8 Å². The zero-order chi connectivity index (χ0) is 21.9. The topological polar surface area (TPSA) is 112 Å². The first-order chi connectivity index (χ1) is 15.1. The van der Waals surface area contributed by atoms with Gasteiger partial charge in [-0.1, -0.05) is 18.2 Å². The summed E-state index contributed by atoms with van der Waals surface area (Å²) < 4.78 is 5.34. The van der Waals surface area contributed by atoms with Gasteiger partial charge >= 0.3 is 0 Å². The first-order valence-electron chi connectivity index (χ1n) is 10.8. The molecule has 3 rings (SSSR count). The van der Waals surface area contributed by atoms with E-state index in [2.05, 4.69) is 10.6 Å². The van der Waals surface area contributed by atoms with Crippen molar-refractivity contribution < 1.29 is 29.6 Å². The normalized spacial score (nSPS) is 15.2. The van der Waals surface area contributed by atoms with Crippen molar-refractivity contribution >= 4 is 28.9 Å². The Morgan fingerprint density at radius 2 is 1.65 bits per heavy atom. The van der Waals surface area contributed by atoms with E-state index in [9.17, 15) is 14.7 Å². The number of quaternary nitrogens is 2. The Morgan fingerprint density at radius 3 is 2.32 bits per heavy atom. The van der Waals surface area contributed by atoms with Crippen molar-refractivity contribution in [3.63, 3.8) is 0 Å². The number of aliphatic carboxylic acids is 1. The van der Waals surface area contributed by atoms with E-state index in [4.69, 9.17) is 4.74 Å². The number of carbonyl (C=O) groups excluding carboxylic acids is 2. The van der Waals surface area contributed by atoms with Gasteiger partial charge in [0.1, 0.15) is 19.1 Å². The summed E-state index contributed by atoms with van der Waals surface area (Å²) in [6, 6.07) is 16.2. The standard InChI is InChI=1S/C23H30N4O4/c28-22(17-21(23(29)30)24-11-4-12-27-13-15-31-16-14-27)26-20-9-7-19(8-10-20)25-18-5-2-1-3-6-18/h1-3,5-10,21,24-25H,4,11-17H2,(H,26,28)(H,29,30)/p+1/t21-/m0/s1. The van der Waals surface area contributed by atoms with Gasteiger partial charge < -0.3 is 35.5 Å². The van der Waals surface area contributed by atoms with Crippen LogP contribution in [0.3, 0.4) is 0 Å². The maximum absolute atomic E-state index is 12.3. The molecule has 0 bridgehead atoms. The van der Waals surface area contributed by atoms with Gasteiger partial charge in [-0.25, -0.2) is 0 Å². The van der Waals surface area contributed by atoms with E-state index in [1.54, 1.807) is 17.4 Å². The fraction of sp³-hybridized carbons (Fsp3) is 0.391. The summed E-state index contributed by atoms with van der Waals surface area (Å²) in [5.74, 6) is -1.55. The van der Waals surface area contributed by atoms with Crippen LogP contribution in [-0.4, -0.2) is 57.3 Å². The number of nitrogens with two attached hydrogens (primary N) is 1. The summed E-state index contributed by atoms with van der Waals surface area (Å²) in [6.45, 7) is 5.18. The molecule has 0 aromatic heterocycles. The number of para-hydroxylation sites is 1. The zero-order valence-electron chi connectivity index (χ0n) is 17.6. The average molecular weight is 428 g/mol. The SMILES string of the molecule is O=C(C[C@H]([NH2+]CCC[NH+]1CCOCC1)C(=O)[O-])Nc1ccc(Nc2ccccc2)cc1. The highest BCUT2D eigenvalue weighted by Gasteiger charge is 2.19. The molecule has 1 heterocycles. The lowest BCUT2D eigenvalue weighted by atomic mass is 10.2. The summed E-state index contributed by atoms with van der Waals surface area (Å²) in [7, 11) is 0. The van der Waals surface area contributed by atoms with Gasteiger partial charge in [0.25, 0.3) is 0 Å². The van der Waals surface area contributed by atoms with Crippen LogP contribution < -0.4 is 26.0 Å². The Balaban J connectivity index is 1.41. The molecule has 0 radical (unpaired) electrons. The first-order valence-corrected chi connectivity index (χ1v) is 10.8. The van der Waals surface area contributed by atoms with E-state index in [1.807, 2.05) is 42.5 Å². The predicted octanol–water partition coefficient (Wildman–Crippen LogP) is -1.25. The molecular formula is C23H31N4O4+. The number of carboxylic acid groups (broad SMARTS) is 1. The van der Waals surface area contributed by atoms with E-state index >= 15 is 0 Å². The Bertz CT molecular complexity index is 823. The van der Waals surface area contributed by atoms with E-state index in [0.717, 1.165) is 50.6 Å². The van der Waals surface area contributed by atoms with E-state index in [-0.39, 0.29) is 12.3 Å². The maximum Gasteiger partial charge on any atom is 0.230 e. The van der Waals surface area contributed by atoms with Crippen LogP contribution in [0.4, 0.5) is 17.1 Å². The second kappa shape index (κ2) is 12.0. The molecule has 0 unspecified atom stereocenters. The fourth-order valence-electron chi connectivity index (χ4n) is 3.58. The van der Waals surface area contributed by atoms with Crippen molar-refractivity contribution in [2.24, 2.45) is 0 Å². The molecule has 2 aromatic carbocycles. The Morgan fingerprint density at radius 1 is 1.00 bits per heavy atom. The number of carboxylic acids is 1. The number of nitrogens with one attached hydrogen (secondary N) is 3. The number of benzene rings is 2. The number of ether oxygens (including phenoxy) is 1. The number of rotatable bonds is 11. The molecule has 0 saturated carbocycles. The van der Waals surface area contributed by atoms with Crippen LogP contribution in [-0.2, 0) is 14.3 Å². The molecule has 1 atom stereocenters. The Kier molecular flexibility index (Phi) is 8.84. The summed E-state index contributed by atoms with van der Waals surface area (Å²) in [6.07, 6.45) is 0.757. The highest BCUT2D eigenvalue weighted by Crippen LogP contribution is 2.18. The molecule has 1 aliphatic heterocycles. The van der Waals surface area contributed by atoms with Gasteiger partial charge in [0.2, 0.25) is 5.91 Å². The Labute approximate surface area is 182 Å². The van der Waals surface area contributed by atoms with Crippen molar-refractivity contribution in [1.82, 2.24) is 0 Å². The van der Waals surface area contributed by atoms with Crippen molar-refractivity contribution in [3.05, 3.63) is 54.6 Å². The van der Waals surface area contributed by atoms with Crippen molar-refractivity contribution in [3.8, 4) is 0 Å². The molecule has 1 aliphatic rings. The van der Waals surface area contributed by atoms with E-state index in [0.29, 0.717) is 12.2 Å². The summed E-state index contributed by atoms with van der Waals surface area (Å²) in [5.41, 5.74) is 2.49. The third kappa shape index (κ3) is 8.01. The van der Waals surface area contributed by atoms with Gasteiger partial charge in [0.15, 0.2) is 0 Å². The number of anilines is 3. The minimum Gasteiger partial charge on any atom is -0.544 e. The number of carbonyl (C=O) groups is 2. The molecule has 2 aromatic rings. The predicted molar refractivity (Wildman–Crippen MR) is 116 cm³/mol. The molecule has 5 N–H and O–H groups in total. The van der Waals surface area contributed by atoms with Crippen LogP contribution in [0.25, 0.3) is 0 Å². The van der Waals surface area contributed by atoms with Gasteiger partial charge in [-0.05, 0) is 36.4 Å². The van der Waals surface area contributed by atoms with Gasteiger partial charge in [0, 0.05) is 23.5 Å². The Hall–Kier alpha value is -2.94. The number of hydrogen-bond donors (Lipinski definition) is 4. The summed E-state index contributed by atoms with van der Waals surface area (Å²) >= 11 is 0. The molecule has 8 nitrogen and oxygen atoms in total. The average Bonchev–Trinajstić information content (AvgIpc) is 2.78. The third-order valence-electron chi connectivity index (χ3n) is 5.32. The molecule has 0 spiro atoms. The third-order valence-corrected chi connectivity index (χ3v) is 5.32. The monoisotopic (exact) mass is 427 g/mol. The maximum atomic E-state index is 12.3. The lowest BCUT2D eigenvalue weighted by Crippen LogP contribution is -3.14. The van der Waals surface area contributed by atoms with E-state index in [1.165, 1.54) is 4.90 Å². The van der Waals surface area contributed by atoms with Gasteiger partial charge in [-0.2, -0.15) is 0 Å². The molecule has 8 heteroatoms. The second-order valence-corrected chi connectivity index (χ2v) is 7.74. The molecule has 166 valence electrons. The molecule has 1 amide bonds. The quantitative estimate of drug-likeness (QED) is 0.335. The van der Waals surface area contributed by atoms with Crippen LogP contribution in [0.15, 0.2) is 54.6 Å². The van der Waals surface area contributed by atoms with E-state index < -0.39 is 12.0 Å². The lowest BCUT2D eigenvalue weighted by molar-refractivity contribution is -0.909. The minimum atomic E-state index is -1.21. The second-order valence-electron chi connectivity index (χ2n) is 7.74. The summed E-state index contributed by atoms with van der Waals surface area (Å²) in [4.78, 5) is 25.3. The van der Waals surface area contributed by atoms with Gasteiger partial charge in [0.05, 0.1) is 38.7 Å². The summed E-state index contributed by atoms with van der Waals surface area (Å²) in [5, 5.41) is 19.2. The molecule has 1 saturated heterocycles. The van der Waals surface area contributed by atoms with Gasteiger partial charge in [-0.15, -0.1) is 0 Å². The first kappa shape index (κ1) is 22.7. The number of morpholine rings is 1. The smallest absolute Gasteiger partial charge is 0.230 e. The molecule has 31 heavy (non-hydrogen) atoms. The van der Waals surface area contributed by atoms with Crippen molar-refractivity contribution in [1.29, 1.82) is 0 Å². The zero-order valence-corrected chi connectivity index (χ0v) is 17.6. The molecule has 0 aliphatic carbocycles. The van der Waals surface area contributed by atoms with Crippen molar-refractivity contribution in [2.75, 3.05) is 50.0 Å². The highest BCUT2D eigenvalue weighted by molar-refractivity contribution is 5.93. The van der Waals surface area contributed by atoms with Crippen LogP contribution in [0.5, 0.6) is 0 Å². The minimum absolute atomic E-state index is 0.128.